The lowest BCUT2D eigenvalue weighted by Gasteiger charge is -2.24. The summed E-state index contributed by atoms with van der Waals surface area (Å²) in [7, 11) is 0. The normalized spacial score (nSPS) is 13.2. The third-order valence-electron chi connectivity index (χ3n) is 4.68. The maximum absolute atomic E-state index is 12.5. The average molecular weight is 567 g/mol. The fourth-order valence-electron chi connectivity index (χ4n) is 2.98. The van der Waals surface area contributed by atoms with E-state index in [1.54, 1.807) is 6.20 Å². The number of aliphatic carboxylic acids is 2. The van der Waals surface area contributed by atoms with Crippen LogP contribution in [0.25, 0.3) is 0 Å². The number of hydrogen-bond donors (Lipinski definition) is 3. The minimum atomic E-state index is -5.08. The van der Waals surface area contributed by atoms with Crippen LogP contribution in [-0.2, 0) is 22.7 Å². The molecule has 3 rings (SSSR count). The number of carbonyl (C=O) groups excluding carboxylic acids is 1. The van der Waals surface area contributed by atoms with Crippen LogP contribution in [0.5, 0.6) is 0 Å². The molecule has 2 amide bonds. The average Bonchev–Trinajstić information content (AvgIpc) is 2.98. The molecule has 16 heteroatoms. The summed E-state index contributed by atoms with van der Waals surface area (Å²) >= 11 is 0. The third-order valence-corrected chi connectivity index (χ3v) is 4.68. The molecule has 0 bridgehead atoms. The van der Waals surface area contributed by atoms with Crippen molar-refractivity contribution in [1.82, 2.24) is 20.2 Å². The fraction of sp³-hybridized carbons (Fsp3) is 0.435. The first-order valence-corrected chi connectivity index (χ1v) is 11.2. The smallest absolute Gasteiger partial charge is 0.475 e. The van der Waals surface area contributed by atoms with Gasteiger partial charge in [0.1, 0.15) is 5.82 Å². The van der Waals surface area contributed by atoms with Gasteiger partial charge in [0.15, 0.2) is 0 Å². The van der Waals surface area contributed by atoms with E-state index in [-0.39, 0.29) is 12.1 Å². The number of carboxylic acid groups (broad SMARTS) is 2. The van der Waals surface area contributed by atoms with Crippen molar-refractivity contribution in [3.8, 4) is 0 Å². The van der Waals surface area contributed by atoms with Gasteiger partial charge in [-0.15, -0.1) is 0 Å². The fourth-order valence-corrected chi connectivity index (χ4v) is 2.98. The Morgan fingerprint density at radius 1 is 1.00 bits per heavy atom. The molecule has 2 aromatic rings. The van der Waals surface area contributed by atoms with Crippen LogP contribution < -0.4 is 10.2 Å². The zero-order valence-corrected chi connectivity index (χ0v) is 21.0. The summed E-state index contributed by atoms with van der Waals surface area (Å²) in [6.45, 7) is 8.66. The van der Waals surface area contributed by atoms with E-state index in [2.05, 4.69) is 27.3 Å². The Morgan fingerprint density at radius 2 is 1.56 bits per heavy atom. The Kier molecular flexibility index (Phi) is 11.9. The molecular formula is C23H27F6N5O5. The largest absolute Gasteiger partial charge is 0.490 e. The first-order valence-electron chi connectivity index (χ1n) is 11.2. The van der Waals surface area contributed by atoms with Crippen molar-refractivity contribution in [2.24, 2.45) is 0 Å². The molecule has 0 radical (unpaired) electrons. The lowest BCUT2D eigenvalue weighted by molar-refractivity contribution is -0.193. The highest BCUT2D eigenvalue weighted by Gasteiger charge is 2.38. The topological polar surface area (TPSA) is 136 Å². The standard InChI is InChI=1S/C19H25N5O.2C2HF3O2/c1-14(2)21-19(25)24-10-9-23(12-16-5-4-8-20-11-16)18-17(13-24)7-6-15(3)22-18;2*3-2(4,5)1(6)7/h4-8,11,14H,9-10,12-13H2,1-3H3,(H,21,25);2*(H,6,7). The number of halogens is 6. The Hall–Kier alpha value is -4.11. The van der Waals surface area contributed by atoms with Crippen LogP contribution in [0.2, 0.25) is 0 Å². The molecule has 0 atom stereocenters. The van der Waals surface area contributed by atoms with Crippen molar-refractivity contribution in [2.45, 2.75) is 52.3 Å². The number of carboxylic acids is 2. The highest BCUT2D eigenvalue weighted by Crippen LogP contribution is 2.25. The van der Waals surface area contributed by atoms with Crippen molar-refractivity contribution in [3.05, 3.63) is 53.5 Å². The van der Waals surface area contributed by atoms with E-state index in [4.69, 9.17) is 24.8 Å². The van der Waals surface area contributed by atoms with Crippen LogP contribution >= 0.6 is 0 Å². The number of aromatic nitrogens is 2. The Morgan fingerprint density at radius 3 is 2.03 bits per heavy atom. The SMILES string of the molecule is Cc1ccc2c(n1)N(Cc1cccnc1)CCN(C(=O)NC(C)C)C2.O=C(O)C(F)(F)F.O=C(O)C(F)(F)F. The number of nitrogens with zero attached hydrogens (tertiary/aromatic N) is 4. The second-order valence-corrected chi connectivity index (χ2v) is 8.35. The second-order valence-electron chi connectivity index (χ2n) is 8.35. The lowest BCUT2D eigenvalue weighted by atomic mass is 10.2. The van der Waals surface area contributed by atoms with Crippen LogP contribution in [0.15, 0.2) is 36.7 Å². The molecule has 0 aromatic carbocycles. The van der Waals surface area contributed by atoms with Gasteiger partial charge in [-0.05, 0) is 38.5 Å². The van der Waals surface area contributed by atoms with Gasteiger partial charge < -0.3 is 25.3 Å². The molecule has 0 saturated carbocycles. The molecule has 3 heterocycles. The molecule has 1 aliphatic heterocycles. The van der Waals surface area contributed by atoms with E-state index in [0.717, 1.165) is 35.7 Å². The Balaban J connectivity index is 0.000000449. The summed E-state index contributed by atoms with van der Waals surface area (Å²) in [6.07, 6.45) is -6.51. The lowest BCUT2D eigenvalue weighted by Crippen LogP contribution is -2.44. The molecule has 3 N–H and O–H groups in total. The van der Waals surface area contributed by atoms with Crippen LogP contribution in [0.3, 0.4) is 0 Å². The van der Waals surface area contributed by atoms with Gasteiger partial charge in [0, 0.05) is 49.3 Å². The van der Waals surface area contributed by atoms with Crippen molar-refractivity contribution in [1.29, 1.82) is 0 Å². The van der Waals surface area contributed by atoms with Crippen LogP contribution in [0.1, 0.15) is 30.7 Å². The number of alkyl halides is 6. The predicted octanol–water partition coefficient (Wildman–Crippen LogP) is 3.99. The van der Waals surface area contributed by atoms with E-state index in [1.807, 2.05) is 44.0 Å². The number of urea groups is 1. The number of rotatable bonds is 3. The summed E-state index contributed by atoms with van der Waals surface area (Å²) < 4.78 is 63.5. The van der Waals surface area contributed by atoms with Gasteiger partial charge in [-0.25, -0.2) is 19.4 Å². The number of aryl methyl sites for hydroxylation is 1. The molecule has 216 valence electrons. The maximum atomic E-state index is 12.5. The number of pyridine rings is 2. The summed E-state index contributed by atoms with van der Waals surface area (Å²) in [5, 5.41) is 17.2. The number of hydrogen-bond acceptors (Lipinski definition) is 6. The van der Waals surface area contributed by atoms with Crippen LogP contribution in [0, 0.1) is 6.92 Å². The highest BCUT2D eigenvalue weighted by atomic mass is 19.4. The van der Waals surface area contributed by atoms with Gasteiger partial charge in [0.05, 0.1) is 6.54 Å². The van der Waals surface area contributed by atoms with E-state index < -0.39 is 24.3 Å². The monoisotopic (exact) mass is 567 g/mol. The van der Waals surface area contributed by atoms with Crippen molar-refractivity contribution < 1.29 is 50.9 Å². The van der Waals surface area contributed by atoms with Crippen molar-refractivity contribution >= 4 is 23.8 Å². The van der Waals surface area contributed by atoms with Gasteiger partial charge in [0.2, 0.25) is 0 Å². The number of carbonyl (C=O) groups is 3. The molecule has 10 nitrogen and oxygen atoms in total. The summed E-state index contributed by atoms with van der Waals surface area (Å²) in [4.78, 5) is 43.3. The minimum Gasteiger partial charge on any atom is -0.475 e. The van der Waals surface area contributed by atoms with Gasteiger partial charge in [-0.3, -0.25) is 4.98 Å². The van der Waals surface area contributed by atoms with Gasteiger partial charge in [-0.2, -0.15) is 26.3 Å². The minimum absolute atomic E-state index is 0.0234. The second kappa shape index (κ2) is 14.2. The maximum Gasteiger partial charge on any atom is 0.490 e. The molecule has 0 fully saturated rings. The highest BCUT2D eigenvalue weighted by molar-refractivity contribution is 5.75. The molecule has 1 aliphatic rings. The molecule has 0 aliphatic carbocycles. The predicted molar refractivity (Wildman–Crippen MR) is 126 cm³/mol. The van der Waals surface area contributed by atoms with Crippen LogP contribution in [0.4, 0.5) is 37.0 Å². The van der Waals surface area contributed by atoms with E-state index in [0.29, 0.717) is 13.1 Å². The Bertz CT molecular complexity index is 1090. The molecule has 0 spiro atoms. The van der Waals surface area contributed by atoms with E-state index in [9.17, 15) is 31.1 Å². The zero-order chi connectivity index (χ0) is 30.0. The number of amides is 2. The number of fused-ring (bicyclic) bond motifs is 1. The summed E-state index contributed by atoms with van der Waals surface area (Å²) in [5.74, 6) is -4.55. The van der Waals surface area contributed by atoms with E-state index >= 15 is 0 Å². The summed E-state index contributed by atoms with van der Waals surface area (Å²) in [6, 6.07) is 8.19. The number of nitrogens with one attached hydrogen (secondary N) is 1. The van der Waals surface area contributed by atoms with Gasteiger partial charge in [-0.1, -0.05) is 12.1 Å². The third kappa shape index (κ3) is 11.9. The summed E-state index contributed by atoms with van der Waals surface area (Å²) in [5.41, 5.74) is 3.19. The van der Waals surface area contributed by atoms with E-state index in [1.165, 1.54) is 0 Å². The molecule has 0 unspecified atom stereocenters. The van der Waals surface area contributed by atoms with Crippen molar-refractivity contribution in [2.75, 3.05) is 18.0 Å². The first kappa shape index (κ1) is 32.9. The molecular weight excluding hydrogens is 540 g/mol. The van der Waals surface area contributed by atoms with Crippen molar-refractivity contribution in [3.63, 3.8) is 0 Å². The van der Waals surface area contributed by atoms with Gasteiger partial charge >= 0.3 is 30.3 Å². The van der Waals surface area contributed by atoms with Crippen LogP contribution in [-0.4, -0.2) is 74.5 Å². The number of anilines is 1. The molecule has 0 saturated heterocycles. The first-order chi connectivity index (χ1) is 17.9. The molecule has 2 aromatic heterocycles. The molecule has 39 heavy (non-hydrogen) atoms. The zero-order valence-electron chi connectivity index (χ0n) is 21.0. The quantitative estimate of drug-likeness (QED) is 0.474. The van der Waals surface area contributed by atoms with Gasteiger partial charge in [0.25, 0.3) is 0 Å². The Labute approximate surface area is 219 Å².